The molecule has 0 saturated carbocycles. The first-order chi connectivity index (χ1) is 9.76. The van der Waals surface area contributed by atoms with Crippen molar-refractivity contribution in [2.75, 3.05) is 11.9 Å². The minimum absolute atomic E-state index is 0.128. The van der Waals surface area contributed by atoms with E-state index in [4.69, 9.17) is 4.74 Å². The van der Waals surface area contributed by atoms with Crippen LogP contribution in [0, 0.1) is 0 Å². The van der Waals surface area contributed by atoms with Gasteiger partial charge in [0, 0.05) is 0 Å². The van der Waals surface area contributed by atoms with Crippen LogP contribution in [-0.2, 0) is 19.6 Å². The van der Waals surface area contributed by atoms with Crippen molar-refractivity contribution in [3.8, 4) is 0 Å². The normalized spacial score (nSPS) is 16.4. The number of hydrogen-bond donors (Lipinski definition) is 1. The third-order valence-electron chi connectivity index (χ3n) is 2.73. The van der Waals surface area contributed by atoms with E-state index in [1.54, 1.807) is 39.0 Å². The summed E-state index contributed by atoms with van der Waals surface area (Å²) in [6.45, 7) is 5.31. The van der Waals surface area contributed by atoms with E-state index < -0.39 is 20.7 Å². The second-order valence-corrected chi connectivity index (χ2v) is 8.01. The van der Waals surface area contributed by atoms with Crippen LogP contribution in [0.15, 0.2) is 33.6 Å². The minimum atomic E-state index is -3.75. The summed E-state index contributed by atoms with van der Waals surface area (Å²) in [6.07, 6.45) is 0. The van der Waals surface area contributed by atoms with Crippen molar-refractivity contribution >= 4 is 38.6 Å². The number of carbonyl (C=O) groups is 1. The number of esters is 1. The minimum Gasteiger partial charge on any atom is -0.465 e. The Kier molecular flexibility index (Phi) is 4.29. The van der Waals surface area contributed by atoms with Crippen molar-refractivity contribution in [2.24, 2.45) is 4.40 Å². The van der Waals surface area contributed by atoms with Gasteiger partial charge in [-0.05, 0) is 32.9 Å². The number of rotatable bonds is 3. The van der Waals surface area contributed by atoms with Gasteiger partial charge in [0.1, 0.15) is 9.64 Å². The molecule has 21 heavy (non-hydrogen) atoms. The lowest BCUT2D eigenvalue weighted by Crippen LogP contribution is -2.34. The van der Waals surface area contributed by atoms with E-state index >= 15 is 0 Å². The van der Waals surface area contributed by atoms with Crippen molar-refractivity contribution in [1.82, 2.24) is 0 Å². The molecule has 8 heteroatoms. The van der Waals surface area contributed by atoms with E-state index in [1.807, 2.05) is 0 Å². The fourth-order valence-corrected chi connectivity index (χ4v) is 3.96. The maximum atomic E-state index is 12.1. The number of thioether (sulfide) groups is 1. The average molecular weight is 328 g/mol. The summed E-state index contributed by atoms with van der Waals surface area (Å²) in [7, 11) is -3.75. The van der Waals surface area contributed by atoms with E-state index in [1.165, 1.54) is 6.07 Å². The van der Waals surface area contributed by atoms with Gasteiger partial charge < -0.3 is 10.1 Å². The van der Waals surface area contributed by atoms with Crippen molar-refractivity contribution in [3.05, 3.63) is 24.3 Å². The smallest absolute Gasteiger partial charge is 0.322 e. The van der Waals surface area contributed by atoms with Gasteiger partial charge in [-0.2, -0.15) is 8.42 Å². The summed E-state index contributed by atoms with van der Waals surface area (Å²) < 4.78 is 32.0. The fourth-order valence-electron chi connectivity index (χ4n) is 1.72. The van der Waals surface area contributed by atoms with E-state index in [0.717, 1.165) is 11.8 Å². The number of hydrogen-bond acceptors (Lipinski definition) is 6. The number of sulfonamides is 1. The summed E-state index contributed by atoms with van der Waals surface area (Å²) in [4.78, 5) is 12.0. The maximum absolute atomic E-state index is 12.1. The zero-order valence-corrected chi connectivity index (χ0v) is 13.5. The van der Waals surface area contributed by atoms with Crippen LogP contribution in [0.25, 0.3) is 0 Å². The number of anilines is 1. The first-order valence-corrected chi connectivity index (χ1v) is 8.59. The molecule has 0 aromatic heterocycles. The molecule has 2 rings (SSSR count). The molecule has 0 saturated heterocycles. The Morgan fingerprint density at radius 2 is 2.05 bits per heavy atom. The Labute approximate surface area is 128 Å². The van der Waals surface area contributed by atoms with Crippen LogP contribution in [0.3, 0.4) is 0 Å². The molecule has 1 aliphatic rings. The van der Waals surface area contributed by atoms with E-state index in [0.29, 0.717) is 5.69 Å². The van der Waals surface area contributed by atoms with Gasteiger partial charge in [-0.3, -0.25) is 4.79 Å². The van der Waals surface area contributed by atoms with Crippen LogP contribution in [0.2, 0.25) is 0 Å². The monoisotopic (exact) mass is 328 g/mol. The zero-order chi connectivity index (χ0) is 15.7. The van der Waals surface area contributed by atoms with Crippen molar-refractivity contribution in [3.63, 3.8) is 0 Å². The number of para-hydroxylation sites is 1. The summed E-state index contributed by atoms with van der Waals surface area (Å²) in [5.41, 5.74) is 0.453. The highest BCUT2D eigenvalue weighted by molar-refractivity contribution is 8.16. The molecule has 0 unspecified atom stereocenters. The molecular weight excluding hydrogens is 312 g/mol. The molecule has 0 fully saturated rings. The molecular formula is C13H16N2O4S2. The summed E-state index contributed by atoms with van der Waals surface area (Å²) >= 11 is 1.02. The number of carbonyl (C=O) groups excluding carboxylic acids is 1. The van der Waals surface area contributed by atoms with Gasteiger partial charge in [0.05, 0.1) is 12.3 Å². The highest BCUT2D eigenvalue weighted by Gasteiger charge is 2.35. The van der Waals surface area contributed by atoms with Crippen LogP contribution >= 0.6 is 11.8 Å². The first kappa shape index (κ1) is 15.8. The van der Waals surface area contributed by atoms with Crippen LogP contribution in [0.4, 0.5) is 5.69 Å². The third-order valence-corrected chi connectivity index (χ3v) is 5.24. The topological polar surface area (TPSA) is 84.8 Å². The van der Waals surface area contributed by atoms with Crippen LogP contribution in [0.5, 0.6) is 0 Å². The van der Waals surface area contributed by atoms with Gasteiger partial charge in [-0.15, -0.1) is 4.40 Å². The molecule has 1 aromatic rings. The lowest BCUT2D eigenvalue weighted by Gasteiger charge is -2.24. The molecule has 1 aromatic carbocycles. The second kappa shape index (κ2) is 5.69. The average Bonchev–Trinajstić information content (AvgIpc) is 2.37. The number of nitrogens with zero attached hydrogens (tertiary/aromatic N) is 1. The first-order valence-electron chi connectivity index (χ1n) is 6.33. The molecule has 0 amide bonds. The quantitative estimate of drug-likeness (QED) is 0.857. The zero-order valence-electron chi connectivity index (χ0n) is 11.9. The number of benzene rings is 1. The van der Waals surface area contributed by atoms with Crippen LogP contribution < -0.4 is 5.32 Å². The lowest BCUT2D eigenvalue weighted by molar-refractivity contribution is -0.145. The highest BCUT2D eigenvalue weighted by atomic mass is 32.2. The third kappa shape index (κ3) is 3.38. The van der Waals surface area contributed by atoms with E-state index in [9.17, 15) is 13.2 Å². The number of fused-ring (bicyclic) bond motifs is 1. The van der Waals surface area contributed by atoms with Crippen LogP contribution in [0.1, 0.15) is 20.8 Å². The molecule has 0 radical (unpaired) electrons. The maximum Gasteiger partial charge on any atom is 0.322 e. The van der Waals surface area contributed by atoms with Crippen molar-refractivity contribution in [1.29, 1.82) is 0 Å². The standard InChI is InChI=1S/C13H16N2O4S2/c1-4-19-11(16)13(2,3)20-12-14-9-7-5-6-8-10(9)21(17,18)15-12/h5-8H,4H2,1-3H3,(H,14,15). The summed E-state index contributed by atoms with van der Waals surface area (Å²) in [5.74, 6) is -0.421. The van der Waals surface area contributed by atoms with Gasteiger partial charge >= 0.3 is 5.97 Å². The van der Waals surface area contributed by atoms with Gasteiger partial charge in [-0.1, -0.05) is 23.9 Å². The Morgan fingerprint density at radius 3 is 2.71 bits per heavy atom. The predicted molar refractivity (Wildman–Crippen MR) is 83.0 cm³/mol. The Bertz CT molecular complexity index is 696. The SMILES string of the molecule is CCOC(=O)C(C)(C)SC1=NS(=O)(=O)c2ccccc2N1. The fraction of sp³-hybridized carbons (Fsp3) is 0.385. The molecule has 0 aliphatic carbocycles. The molecule has 1 N–H and O–H groups in total. The number of ether oxygens (including phenoxy) is 1. The van der Waals surface area contributed by atoms with Crippen molar-refractivity contribution in [2.45, 2.75) is 30.4 Å². The number of nitrogens with one attached hydrogen (secondary N) is 1. The molecule has 114 valence electrons. The molecule has 1 aliphatic heterocycles. The Morgan fingerprint density at radius 1 is 1.38 bits per heavy atom. The van der Waals surface area contributed by atoms with Crippen molar-refractivity contribution < 1.29 is 17.9 Å². The molecule has 1 heterocycles. The Balaban J connectivity index is 2.28. The van der Waals surface area contributed by atoms with E-state index in [2.05, 4.69) is 9.71 Å². The van der Waals surface area contributed by atoms with Gasteiger partial charge in [-0.25, -0.2) is 0 Å². The van der Waals surface area contributed by atoms with Gasteiger partial charge in [0.25, 0.3) is 10.0 Å². The molecule has 6 nitrogen and oxygen atoms in total. The molecule has 0 atom stereocenters. The molecule has 0 bridgehead atoms. The summed E-state index contributed by atoms with van der Waals surface area (Å²) in [5, 5.41) is 3.09. The number of amidine groups is 1. The van der Waals surface area contributed by atoms with Crippen LogP contribution in [-0.4, -0.2) is 30.9 Å². The van der Waals surface area contributed by atoms with Gasteiger partial charge in [0.15, 0.2) is 5.17 Å². The van der Waals surface area contributed by atoms with Gasteiger partial charge in [0.2, 0.25) is 0 Å². The Hall–Kier alpha value is -1.54. The predicted octanol–water partition coefficient (Wildman–Crippen LogP) is 2.23. The largest absolute Gasteiger partial charge is 0.465 e. The second-order valence-electron chi connectivity index (χ2n) is 4.83. The summed E-state index contributed by atoms with van der Waals surface area (Å²) in [6, 6.07) is 6.50. The lowest BCUT2D eigenvalue weighted by atomic mass is 10.2. The van der Waals surface area contributed by atoms with E-state index in [-0.39, 0.29) is 16.7 Å². The molecule has 0 spiro atoms. The highest BCUT2D eigenvalue weighted by Crippen LogP contribution is 2.34.